The third-order valence-corrected chi connectivity index (χ3v) is 5.90. The molecule has 1 aromatic carbocycles. The molecule has 0 saturated carbocycles. The predicted octanol–water partition coefficient (Wildman–Crippen LogP) is 3.73. The number of piperidine rings is 1. The highest BCUT2D eigenvalue weighted by atomic mass is 19.3. The molecule has 0 unspecified atom stereocenters. The molecule has 176 valence electrons. The quantitative estimate of drug-likeness (QED) is 0.492. The van der Waals surface area contributed by atoms with Crippen LogP contribution in [0.5, 0.6) is 5.75 Å². The van der Waals surface area contributed by atoms with Crippen molar-refractivity contribution in [2.45, 2.75) is 32.4 Å². The van der Waals surface area contributed by atoms with Crippen LogP contribution in [0.25, 0.3) is 11.0 Å². The molecule has 0 N–H and O–H groups in total. The van der Waals surface area contributed by atoms with Gasteiger partial charge in [-0.05, 0) is 31.4 Å². The maximum absolute atomic E-state index is 13.4. The molecule has 34 heavy (non-hydrogen) atoms. The first-order valence-electron chi connectivity index (χ1n) is 10.9. The molecule has 0 radical (unpaired) electrons. The van der Waals surface area contributed by atoms with Crippen LogP contribution in [0.3, 0.4) is 0 Å². The van der Waals surface area contributed by atoms with Gasteiger partial charge in [0.05, 0.1) is 20.0 Å². The molecule has 0 atom stereocenters. The number of fused-ring (bicyclic) bond motifs is 1. The number of benzene rings is 1. The first-order valence-corrected chi connectivity index (χ1v) is 10.9. The molecular weight excluding hydrogens is 444 g/mol. The minimum atomic E-state index is -1.89. The van der Waals surface area contributed by atoms with Crippen LogP contribution in [0, 0.1) is 11.3 Å². The van der Waals surface area contributed by atoms with Gasteiger partial charge in [0, 0.05) is 31.3 Å². The Balaban J connectivity index is 1.84. The summed E-state index contributed by atoms with van der Waals surface area (Å²) in [4.78, 5) is 32.5. The van der Waals surface area contributed by atoms with Crippen LogP contribution < -0.4 is 15.2 Å². The van der Waals surface area contributed by atoms with E-state index in [0.29, 0.717) is 36.3 Å². The number of rotatable bonds is 7. The summed E-state index contributed by atoms with van der Waals surface area (Å²) in [6.07, 6.45) is 2.86. The fourth-order valence-corrected chi connectivity index (χ4v) is 4.28. The lowest BCUT2D eigenvalue weighted by molar-refractivity contribution is 0.0970. The number of nitriles is 1. The summed E-state index contributed by atoms with van der Waals surface area (Å²) < 4.78 is 33.7. The second kappa shape index (κ2) is 9.87. The van der Waals surface area contributed by atoms with E-state index in [4.69, 9.17) is 4.74 Å². The third kappa shape index (κ3) is 4.41. The number of anilines is 1. The number of ether oxygens (including phenoxy) is 1. The fraction of sp³-hybridized carbons (Fsp3) is 0.333. The van der Waals surface area contributed by atoms with Crippen molar-refractivity contribution in [3.63, 3.8) is 0 Å². The predicted molar refractivity (Wildman–Crippen MR) is 122 cm³/mol. The topological polar surface area (TPSA) is 93.1 Å². The van der Waals surface area contributed by atoms with Crippen LogP contribution in [0.15, 0.2) is 47.5 Å². The van der Waals surface area contributed by atoms with E-state index in [0.717, 1.165) is 23.8 Å². The number of carbonyl (C=O) groups excluding carboxylic acids is 1. The first-order chi connectivity index (χ1) is 16.4. The van der Waals surface area contributed by atoms with Gasteiger partial charge < -0.3 is 14.2 Å². The summed E-state index contributed by atoms with van der Waals surface area (Å²) in [5.74, 6) is 0.577. The van der Waals surface area contributed by atoms with Crippen molar-refractivity contribution in [1.82, 2.24) is 14.1 Å². The molecule has 3 aromatic rings. The van der Waals surface area contributed by atoms with Crippen molar-refractivity contribution < 1.29 is 18.3 Å². The zero-order valence-electron chi connectivity index (χ0n) is 18.6. The summed E-state index contributed by atoms with van der Waals surface area (Å²) in [6, 6.07) is 8.66. The highest BCUT2D eigenvalue weighted by Gasteiger charge is 2.27. The number of allylic oxidation sites excluding steroid dienone is 1. The Kier molecular flexibility index (Phi) is 6.72. The van der Waals surface area contributed by atoms with Crippen LogP contribution in [-0.2, 0) is 13.1 Å². The largest absolute Gasteiger partial charge is 0.497 e. The molecule has 0 spiro atoms. The molecule has 2 aromatic heterocycles. The molecule has 1 fully saturated rings. The highest BCUT2D eigenvalue weighted by Crippen LogP contribution is 2.32. The first kappa shape index (κ1) is 23.2. The molecule has 3 heterocycles. The Bertz CT molecular complexity index is 1360. The van der Waals surface area contributed by atoms with E-state index < -0.39 is 11.6 Å². The summed E-state index contributed by atoms with van der Waals surface area (Å²) in [5, 5.41) is 9.87. The zero-order chi connectivity index (χ0) is 24.2. The number of ketones is 1. The minimum Gasteiger partial charge on any atom is -0.497 e. The van der Waals surface area contributed by atoms with E-state index in [2.05, 4.69) is 11.1 Å². The average molecular weight is 467 g/mol. The molecule has 0 aliphatic carbocycles. The molecule has 4 rings (SSSR count). The van der Waals surface area contributed by atoms with Gasteiger partial charge in [0.25, 0.3) is 11.6 Å². The molecule has 0 bridgehead atoms. The summed E-state index contributed by atoms with van der Waals surface area (Å²) in [5.41, 5.74) is 0.124. The van der Waals surface area contributed by atoms with Gasteiger partial charge >= 0.3 is 0 Å². The summed E-state index contributed by atoms with van der Waals surface area (Å²) in [6.45, 7) is 0.705. The van der Waals surface area contributed by atoms with Crippen LogP contribution in [0.4, 0.5) is 14.6 Å². The zero-order valence-corrected chi connectivity index (χ0v) is 18.6. The lowest BCUT2D eigenvalue weighted by atomic mass is 10.1. The monoisotopic (exact) mass is 467 g/mol. The molecular formula is C24H23F2N5O3. The molecule has 1 aliphatic heterocycles. The van der Waals surface area contributed by atoms with Gasteiger partial charge in [-0.25, -0.2) is 4.98 Å². The van der Waals surface area contributed by atoms with Gasteiger partial charge in [-0.1, -0.05) is 12.1 Å². The molecule has 8 nitrogen and oxygen atoms in total. The van der Waals surface area contributed by atoms with Gasteiger partial charge in [0.15, 0.2) is 5.78 Å². The van der Waals surface area contributed by atoms with E-state index in [9.17, 15) is 23.6 Å². The molecule has 0 amide bonds. The summed E-state index contributed by atoms with van der Waals surface area (Å²) in [7, 11) is 1.49. The van der Waals surface area contributed by atoms with E-state index in [1.807, 2.05) is 4.90 Å². The number of halogens is 2. The number of carbonyl (C=O) groups is 1. The second-order valence-electron chi connectivity index (χ2n) is 7.99. The lowest BCUT2D eigenvalue weighted by Gasteiger charge is -2.29. The van der Waals surface area contributed by atoms with Crippen molar-refractivity contribution in [2.75, 3.05) is 25.1 Å². The minimum absolute atomic E-state index is 0.0237. The number of Topliss-reactive ketones (excluding diaryl/α,β-unsaturated/α-hetero) is 1. The Morgan fingerprint density at radius 1 is 1.26 bits per heavy atom. The van der Waals surface area contributed by atoms with Crippen LogP contribution in [0.1, 0.15) is 35.2 Å². The SMILES string of the molecule is COc1cccc(C(=O)Cn2cnc3c(C#N)c(N4CCCCC4)n(CC=C(F)F)c3c2=O)c1. The number of hydrogen-bond acceptors (Lipinski definition) is 6. The van der Waals surface area contributed by atoms with Gasteiger partial charge in [-0.15, -0.1) is 0 Å². The number of nitrogens with zero attached hydrogens (tertiary/aromatic N) is 5. The van der Waals surface area contributed by atoms with E-state index in [1.165, 1.54) is 18.0 Å². The second-order valence-corrected chi connectivity index (χ2v) is 7.99. The third-order valence-electron chi connectivity index (χ3n) is 5.90. The normalized spacial score (nSPS) is 13.5. The van der Waals surface area contributed by atoms with E-state index in [-0.39, 0.29) is 35.5 Å². The van der Waals surface area contributed by atoms with Crippen LogP contribution in [0.2, 0.25) is 0 Å². The smallest absolute Gasteiger partial charge is 0.278 e. The standard InChI is InChI=1S/C24H23F2N5O3/c1-34-17-7-5-6-16(12-17)19(32)14-30-15-28-21-18(13-27)23(29-9-3-2-4-10-29)31(11-8-20(25)26)22(21)24(30)33/h5-8,12,15H,2-4,9-11,14H2,1H3. The number of aromatic nitrogens is 3. The number of methoxy groups -OCH3 is 1. The van der Waals surface area contributed by atoms with E-state index in [1.54, 1.807) is 24.3 Å². The van der Waals surface area contributed by atoms with Gasteiger partial charge in [0.2, 0.25) is 0 Å². The Labute approximate surface area is 194 Å². The molecule has 1 saturated heterocycles. The van der Waals surface area contributed by atoms with Gasteiger partial charge in [0.1, 0.15) is 34.2 Å². The Morgan fingerprint density at radius 2 is 2.03 bits per heavy atom. The summed E-state index contributed by atoms with van der Waals surface area (Å²) >= 11 is 0. The van der Waals surface area contributed by atoms with Gasteiger partial charge in [-0.2, -0.15) is 14.0 Å². The Hall–Kier alpha value is -4.00. The maximum Gasteiger partial charge on any atom is 0.278 e. The molecule has 10 heteroatoms. The van der Waals surface area contributed by atoms with Crippen LogP contribution >= 0.6 is 0 Å². The van der Waals surface area contributed by atoms with Crippen molar-refractivity contribution >= 4 is 22.6 Å². The number of hydrogen-bond donors (Lipinski definition) is 0. The maximum atomic E-state index is 13.4. The van der Waals surface area contributed by atoms with E-state index >= 15 is 0 Å². The van der Waals surface area contributed by atoms with Crippen molar-refractivity contribution in [3.8, 4) is 11.8 Å². The van der Waals surface area contributed by atoms with Crippen molar-refractivity contribution in [3.05, 3.63) is 64.2 Å². The van der Waals surface area contributed by atoms with Crippen molar-refractivity contribution in [1.29, 1.82) is 5.26 Å². The Morgan fingerprint density at radius 3 is 2.71 bits per heavy atom. The average Bonchev–Trinajstić information content (AvgIpc) is 3.18. The fourth-order valence-electron chi connectivity index (χ4n) is 4.28. The van der Waals surface area contributed by atoms with Gasteiger partial charge in [-0.3, -0.25) is 14.2 Å². The van der Waals surface area contributed by atoms with Crippen molar-refractivity contribution in [2.24, 2.45) is 0 Å². The molecule has 1 aliphatic rings. The lowest BCUT2D eigenvalue weighted by Crippen LogP contribution is -2.32. The van der Waals surface area contributed by atoms with Crippen LogP contribution in [-0.4, -0.2) is 40.1 Å². The highest BCUT2D eigenvalue weighted by molar-refractivity contribution is 5.96.